The summed E-state index contributed by atoms with van der Waals surface area (Å²) in [4.78, 5) is 16.3. The first kappa shape index (κ1) is 42.1. The fourth-order valence-electron chi connectivity index (χ4n) is 5.70. The quantitative estimate of drug-likeness (QED) is 0.115. The smallest absolute Gasteiger partial charge is 0.279 e. The molecule has 0 amide bonds. The number of hydrogen-bond donors (Lipinski definition) is 3. The summed E-state index contributed by atoms with van der Waals surface area (Å²) in [5.41, 5.74) is 5.44. The molecule has 4 aliphatic rings. The molecule has 1 aliphatic heterocycles. The van der Waals surface area contributed by atoms with Crippen LogP contribution in [0.5, 0.6) is 11.5 Å². The monoisotopic (exact) mass is 701 g/mol. The van der Waals surface area contributed by atoms with Crippen LogP contribution in [-0.4, -0.2) is 55.8 Å². The van der Waals surface area contributed by atoms with Gasteiger partial charge in [-0.3, -0.25) is 0 Å². The fraction of sp³-hybridized carbons (Fsp3) is 0.513. The van der Waals surface area contributed by atoms with Crippen LogP contribution >= 0.6 is 12.6 Å². The fourth-order valence-corrected chi connectivity index (χ4v) is 6.05. The maximum atomic E-state index is 13.6. The largest absolute Gasteiger partial charge is 0.491 e. The highest BCUT2D eigenvalue weighted by Gasteiger charge is 2.31. The van der Waals surface area contributed by atoms with Gasteiger partial charge in [0.2, 0.25) is 0 Å². The van der Waals surface area contributed by atoms with E-state index >= 15 is 0 Å². The Labute approximate surface area is 298 Å². The van der Waals surface area contributed by atoms with E-state index in [2.05, 4.69) is 65.7 Å². The number of carbonyl (C=O) groups excluding carboxylic acids is 1. The second-order valence-electron chi connectivity index (χ2n) is 12.3. The molecule has 3 atom stereocenters. The van der Waals surface area contributed by atoms with Crippen LogP contribution in [0, 0.1) is 11.8 Å². The second kappa shape index (κ2) is 23.4. The van der Waals surface area contributed by atoms with Crippen molar-refractivity contribution in [3.05, 3.63) is 96.3 Å². The SMILES string of the molecule is CC.CN1CCC(N)CC1.CON.O=CCC(F)(F)c1cccc(Oc2ccccc2)c1.SC1C=CC2C=C(OC3CCCC3)C=CC2C1. The maximum absolute atomic E-state index is 13.6. The molecule has 0 radical (unpaired) electrons. The molecule has 6 rings (SSSR count). The zero-order valence-corrected chi connectivity index (χ0v) is 30.5. The molecule has 2 aromatic carbocycles. The van der Waals surface area contributed by atoms with Crippen LogP contribution in [0.4, 0.5) is 8.78 Å². The molecule has 0 aromatic heterocycles. The van der Waals surface area contributed by atoms with Gasteiger partial charge in [-0.05, 0) is 107 Å². The van der Waals surface area contributed by atoms with Crippen molar-refractivity contribution in [2.75, 3.05) is 27.2 Å². The predicted octanol–water partition coefficient (Wildman–Crippen LogP) is 8.62. The Kier molecular flexibility index (Phi) is 20.1. The Bertz CT molecular complexity index is 1270. The van der Waals surface area contributed by atoms with Crippen molar-refractivity contribution >= 4 is 18.9 Å². The lowest BCUT2D eigenvalue weighted by molar-refractivity contribution is -0.115. The van der Waals surface area contributed by atoms with Crippen LogP contribution in [0.15, 0.2) is 90.7 Å². The Morgan fingerprint density at radius 1 is 0.959 bits per heavy atom. The van der Waals surface area contributed by atoms with Gasteiger partial charge in [0.25, 0.3) is 5.92 Å². The van der Waals surface area contributed by atoms with E-state index < -0.39 is 12.3 Å². The second-order valence-corrected chi connectivity index (χ2v) is 12.9. The normalized spacial score (nSPS) is 21.8. The van der Waals surface area contributed by atoms with Gasteiger partial charge in [0, 0.05) is 22.8 Å². The van der Waals surface area contributed by atoms with Gasteiger partial charge in [-0.15, -0.1) is 0 Å². The number of nitrogens with zero attached hydrogens (tertiary/aromatic N) is 1. The summed E-state index contributed by atoms with van der Waals surface area (Å²) in [5.74, 6) is 4.30. The van der Waals surface area contributed by atoms with E-state index in [9.17, 15) is 13.6 Å². The van der Waals surface area contributed by atoms with Gasteiger partial charge in [-0.1, -0.05) is 62.4 Å². The van der Waals surface area contributed by atoms with Crippen molar-refractivity contribution in [1.29, 1.82) is 0 Å². The van der Waals surface area contributed by atoms with Crippen LogP contribution in [0.25, 0.3) is 0 Å². The lowest BCUT2D eigenvalue weighted by atomic mass is 9.81. The topological polar surface area (TPSA) is 100 Å². The van der Waals surface area contributed by atoms with Crippen molar-refractivity contribution in [3.63, 3.8) is 0 Å². The first-order valence-corrected chi connectivity index (χ1v) is 17.9. The number of aldehydes is 1. The number of likely N-dealkylation sites (tertiary alicyclic amines) is 1. The van der Waals surface area contributed by atoms with E-state index in [4.69, 9.17) is 15.2 Å². The van der Waals surface area contributed by atoms with Crippen molar-refractivity contribution in [2.24, 2.45) is 23.5 Å². The molecule has 1 saturated carbocycles. The number of rotatable bonds is 7. The Hall–Kier alpha value is -3.02. The molecule has 272 valence electrons. The van der Waals surface area contributed by atoms with E-state index in [-0.39, 0.29) is 11.8 Å². The van der Waals surface area contributed by atoms with E-state index in [1.54, 1.807) is 30.3 Å². The molecule has 3 aliphatic carbocycles. The van der Waals surface area contributed by atoms with Crippen molar-refractivity contribution in [1.82, 2.24) is 4.90 Å². The van der Waals surface area contributed by atoms with Gasteiger partial charge in [0.05, 0.1) is 19.6 Å². The molecule has 1 saturated heterocycles. The standard InChI is InChI=1S/C15H12F2O2.C15H20OS.C6H14N2.C2H6.CH5NO/c16-15(17,9-10-18)12-5-4-8-14(11-12)19-13-6-2-1-3-7-13;17-15-8-6-11-9-14(7-5-12(11)10-15)16-13-3-1-2-4-13;1-8-4-2-6(7)3-5-8;1-2;1-3-2/h1-8,10-11H,9H2;5-9,11-13,15,17H,1-4,10H2;6H,2-5,7H2,1H3;1-2H3;2H2,1H3. The highest BCUT2D eigenvalue weighted by molar-refractivity contribution is 7.81. The van der Waals surface area contributed by atoms with E-state index in [0.29, 0.717) is 40.7 Å². The van der Waals surface area contributed by atoms with E-state index in [0.717, 1.165) is 12.2 Å². The highest BCUT2D eigenvalue weighted by Crippen LogP contribution is 2.35. The Morgan fingerprint density at radius 2 is 1.59 bits per heavy atom. The number of piperidine rings is 1. The third-order valence-corrected chi connectivity index (χ3v) is 8.75. The zero-order valence-electron chi connectivity index (χ0n) is 29.6. The van der Waals surface area contributed by atoms with Crippen LogP contribution in [0.1, 0.15) is 70.8 Å². The van der Waals surface area contributed by atoms with Crippen molar-refractivity contribution in [2.45, 2.75) is 88.5 Å². The molecule has 0 spiro atoms. The number of carbonyl (C=O) groups is 1. The number of para-hydroxylation sites is 1. The number of halogens is 2. The molecule has 49 heavy (non-hydrogen) atoms. The van der Waals surface area contributed by atoms with Gasteiger partial charge in [-0.2, -0.15) is 12.6 Å². The molecule has 10 heteroatoms. The number of thiol groups is 1. The van der Waals surface area contributed by atoms with Crippen LogP contribution in [0.2, 0.25) is 0 Å². The van der Waals surface area contributed by atoms with Crippen molar-refractivity contribution in [3.8, 4) is 11.5 Å². The summed E-state index contributed by atoms with van der Waals surface area (Å²) in [6.45, 7) is 6.36. The summed E-state index contributed by atoms with van der Waals surface area (Å²) >= 11 is 4.52. The summed E-state index contributed by atoms with van der Waals surface area (Å²) in [5, 5.41) is 0.423. The number of alkyl halides is 2. The molecule has 3 unspecified atom stereocenters. The third-order valence-electron chi connectivity index (χ3n) is 8.37. The highest BCUT2D eigenvalue weighted by atomic mass is 32.1. The summed E-state index contributed by atoms with van der Waals surface area (Å²) in [6, 6.07) is 15.0. The molecular weight excluding hydrogens is 645 g/mol. The van der Waals surface area contributed by atoms with Crippen LogP contribution in [0.3, 0.4) is 0 Å². The molecule has 2 fully saturated rings. The summed E-state index contributed by atoms with van der Waals surface area (Å²) in [7, 11) is 3.55. The van der Waals surface area contributed by atoms with Crippen molar-refractivity contribution < 1.29 is 27.9 Å². The van der Waals surface area contributed by atoms with Crippen LogP contribution in [-0.2, 0) is 20.3 Å². The zero-order chi connectivity index (χ0) is 36.1. The number of benzene rings is 2. The molecule has 1 heterocycles. The van der Waals surface area contributed by atoms with Gasteiger partial charge in [0.15, 0.2) is 0 Å². The Morgan fingerprint density at radius 3 is 2.20 bits per heavy atom. The predicted molar refractivity (Wildman–Crippen MR) is 199 cm³/mol. The lowest BCUT2D eigenvalue weighted by Gasteiger charge is -2.29. The van der Waals surface area contributed by atoms with Gasteiger partial charge in [-0.25, -0.2) is 14.7 Å². The molecule has 7 nitrogen and oxygen atoms in total. The van der Waals surface area contributed by atoms with Gasteiger partial charge in [0.1, 0.15) is 23.5 Å². The third kappa shape index (κ3) is 16.0. The first-order chi connectivity index (χ1) is 23.6. The first-order valence-electron chi connectivity index (χ1n) is 17.4. The van der Waals surface area contributed by atoms with E-state index in [1.807, 2.05) is 19.9 Å². The lowest BCUT2D eigenvalue weighted by Crippen LogP contribution is -2.37. The molecule has 4 N–H and O–H groups in total. The number of fused-ring (bicyclic) bond motifs is 1. The van der Waals surface area contributed by atoms with Crippen LogP contribution < -0.4 is 16.4 Å². The minimum atomic E-state index is -3.17. The molecule has 0 bridgehead atoms. The Balaban J connectivity index is 0.000000253. The van der Waals surface area contributed by atoms with Gasteiger partial charge < -0.3 is 29.7 Å². The number of allylic oxidation sites excluding steroid dienone is 4. The van der Waals surface area contributed by atoms with Gasteiger partial charge >= 0.3 is 0 Å². The van der Waals surface area contributed by atoms with E-state index in [1.165, 1.54) is 76.9 Å². The number of ether oxygens (including phenoxy) is 2. The number of nitrogens with two attached hydrogens (primary N) is 2. The number of hydrogen-bond acceptors (Lipinski definition) is 8. The molecule has 2 aromatic rings. The summed E-state index contributed by atoms with van der Waals surface area (Å²) < 4.78 is 38.7. The minimum Gasteiger partial charge on any atom is -0.491 e. The summed E-state index contributed by atoms with van der Waals surface area (Å²) in [6.07, 6.45) is 19.7. The maximum Gasteiger partial charge on any atom is 0.279 e. The average molecular weight is 702 g/mol. The molecular formula is C39H57F2N3O4S. The average Bonchev–Trinajstić information content (AvgIpc) is 3.62. The minimum absolute atomic E-state index is 0.213.